The maximum Gasteiger partial charge on any atom is 0.140 e. The van der Waals surface area contributed by atoms with Crippen LogP contribution in [0.1, 0.15) is 11.3 Å². The molecule has 3 nitrogen and oxygen atoms in total. The summed E-state index contributed by atoms with van der Waals surface area (Å²) in [6, 6.07) is 3.97. The fraction of sp³-hybridized carbons (Fsp3) is 0.200. The van der Waals surface area contributed by atoms with Crippen LogP contribution in [0.4, 0.5) is 0 Å². The van der Waals surface area contributed by atoms with Gasteiger partial charge in [-0.1, -0.05) is 22.0 Å². The van der Waals surface area contributed by atoms with E-state index in [4.69, 9.17) is 0 Å². The molecule has 0 N–H and O–H groups in total. The summed E-state index contributed by atoms with van der Waals surface area (Å²) in [5.41, 5.74) is 2.15. The van der Waals surface area contributed by atoms with Crippen molar-refractivity contribution in [2.45, 2.75) is 12.3 Å². The number of aromatic nitrogens is 3. The monoisotopic (exact) mass is 251 g/mol. The van der Waals surface area contributed by atoms with E-state index < -0.39 is 0 Å². The zero-order chi connectivity index (χ0) is 9.97. The first-order valence-corrected chi connectivity index (χ1v) is 5.44. The Balaban J connectivity index is 2.44. The average Bonchev–Trinajstić information content (AvgIpc) is 2.67. The highest BCUT2D eigenvalue weighted by molar-refractivity contribution is 9.08. The number of halogens is 1. The number of rotatable bonds is 2. The number of hydrogen-bond acceptors (Lipinski definition) is 2. The summed E-state index contributed by atoms with van der Waals surface area (Å²) in [7, 11) is 0. The third kappa shape index (κ3) is 1.70. The van der Waals surface area contributed by atoms with Gasteiger partial charge in [0.1, 0.15) is 12.1 Å². The molecule has 14 heavy (non-hydrogen) atoms. The Bertz CT molecular complexity index is 436. The van der Waals surface area contributed by atoms with Crippen LogP contribution in [0.2, 0.25) is 0 Å². The molecule has 0 saturated carbocycles. The molecule has 0 spiro atoms. The van der Waals surface area contributed by atoms with E-state index in [9.17, 15) is 0 Å². The smallest absolute Gasteiger partial charge is 0.140 e. The first-order valence-electron chi connectivity index (χ1n) is 4.32. The van der Waals surface area contributed by atoms with Gasteiger partial charge in [0.25, 0.3) is 0 Å². The molecular formula is C10H10BrN3. The lowest BCUT2D eigenvalue weighted by molar-refractivity contribution is 0.975. The minimum absolute atomic E-state index is 0.770. The molecule has 0 atom stereocenters. The topological polar surface area (TPSA) is 30.7 Å². The van der Waals surface area contributed by atoms with Crippen molar-refractivity contribution in [3.8, 4) is 5.82 Å². The number of alkyl halides is 1. The summed E-state index contributed by atoms with van der Waals surface area (Å²) in [5, 5.41) is 0.770. The molecule has 2 rings (SSSR count). The number of pyridine rings is 1. The Hall–Kier alpha value is -1.16. The lowest BCUT2D eigenvalue weighted by atomic mass is 10.3. The van der Waals surface area contributed by atoms with E-state index in [1.54, 1.807) is 12.5 Å². The molecule has 0 radical (unpaired) electrons. The molecule has 4 heteroatoms. The Kier molecular flexibility index (Phi) is 2.63. The zero-order valence-electron chi connectivity index (χ0n) is 7.81. The van der Waals surface area contributed by atoms with Gasteiger partial charge in [-0.3, -0.25) is 4.57 Å². The standard InChI is InChI=1S/C10H10BrN3/c1-8-3-2-4-12-10(8)14-6-9(5-11)13-7-14/h2-4,6-7H,5H2,1H3. The van der Waals surface area contributed by atoms with Crippen LogP contribution in [-0.2, 0) is 5.33 Å². The normalized spacial score (nSPS) is 10.4. The van der Waals surface area contributed by atoms with Crippen LogP contribution in [0, 0.1) is 6.92 Å². The van der Waals surface area contributed by atoms with Crippen LogP contribution < -0.4 is 0 Å². The van der Waals surface area contributed by atoms with Crippen LogP contribution in [0.5, 0.6) is 0 Å². The molecular weight excluding hydrogens is 242 g/mol. The number of nitrogens with zero attached hydrogens (tertiary/aromatic N) is 3. The van der Waals surface area contributed by atoms with E-state index in [0.717, 1.165) is 22.4 Å². The minimum atomic E-state index is 0.770. The molecule has 0 saturated heterocycles. The van der Waals surface area contributed by atoms with Crippen LogP contribution in [0.15, 0.2) is 30.9 Å². The largest absolute Gasteiger partial charge is 0.290 e. The van der Waals surface area contributed by atoms with Gasteiger partial charge in [-0.25, -0.2) is 9.97 Å². The highest BCUT2D eigenvalue weighted by atomic mass is 79.9. The van der Waals surface area contributed by atoms with Crippen molar-refractivity contribution in [2.75, 3.05) is 0 Å². The molecule has 0 aliphatic rings. The first-order chi connectivity index (χ1) is 6.81. The van der Waals surface area contributed by atoms with Gasteiger partial charge in [-0.15, -0.1) is 0 Å². The van der Waals surface area contributed by atoms with Crippen molar-refractivity contribution in [2.24, 2.45) is 0 Å². The molecule has 0 unspecified atom stereocenters. The summed E-state index contributed by atoms with van der Waals surface area (Å²) in [5.74, 6) is 0.937. The third-order valence-electron chi connectivity index (χ3n) is 2.00. The highest BCUT2D eigenvalue weighted by Crippen LogP contribution is 2.11. The van der Waals surface area contributed by atoms with Gasteiger partial charge in [0.2, 0.25) is 0 Å². The van der Waals surface area contributed by atoms with Crippen molar-refractivity contribution in [3.63, 3.8) is 0 Å². The second-order valence-electron chi connectivity index (χ2n) is 3.05. The van der Waals surface area contributed by atoms with E-state index in [2.05, 4.69) is 25.9 Å². The maximum absolute atomic E-state index is 4.30. The first kappa shape index (κ1) is 9.40. The predicted octanol–water partition coefficient (Wildman–Crippen LogP) is 2.47. The van der Waals surface area contributed by atoms with Crippen LogP contribution in [0.25, 0.3) is 5.82 Å². The van der Waals surface area contributed by atoms with Crippen LogP contribution in [-0.4, -0.2) is 14.5 Å². The molecule has 0 aliphatic carbocycles. The Morgan fingerprint density at radius 1 is 1.43 bits per heavy atom. The van der Waals surface area contributed by atoms with Gasteiger partial charge >= 0.3 is 0 Å². The van der Waals surface area contributed by atoms with E-state index >= 15 is 0 Å². The molecule has 2 heterocycles. The van der Waals surface area contributed by atoms with Gasteiger partial charge < -0.3 is 0 Å². The summed E-state index contributed by atoms with van der Waals surface area (Å²) >= 11 is 3.37. The van der Waals surface area contributed by atoms with E-state index in [1.165, 1.54) is 0 Å². The summed E-state index contributed by atoms with van der Waals surface area (Å²) in [4.78, 5) is 8.53. The number of hydrogen-bond donors (Lipinski definition) is 0. The Labute approximate surface area is 90.9 Å². The summed E-state index contributed by atoms with van der Waals surface area (Å²) in [6.07, 6.45) is 5.55. The SMILES string of the molecule is Cc1cccnc1-n1cnc(CBr)c1. The lowest BCUT2D eigenvalue weighted by Crippen LogP contribution is -1.96. The molecule has 0 bridgehead atoms. The molecule has 0 aliphatic heterocycles. The van der Waals surface area contributed by atoms with Gasteiger partial charge in [-0.05, 0) is 18.6 Å². The quantitative estimate of drug-likeness (QED) is 0.768. The van der Waals surface area contributed by atoms with Crippen LogP contribution in [0.3, 0.4) is 0 Å². The second kappa shape index (κ2) is 3.92. The number of aryl methyl sites for hydroxylation is 1. The summed E-state index contributed by atoms with van der Waals surface area (Å²) < 4.78 is 1.94. The van der Waals surface area contributed by atoms with Crippen LogP contribution >= 0.6 is 15.9 Å². The second-order valence-corrected chi connectivity index (χ2v) is 3.61. The van der Waals surface area contributed by atoms with E-state index in [0.29, 0.717) is 0 Å². The van der Waals surface area contributed by atoms with Crippen molar-refractivity contribution < 1.29 is 0 Å². The van der Waals surface area contributed by atoms with E-state index in [1.807, 2.05) is 29.8 Å². The van der Waals surface area contributed by atoms with Gasteiger partial charge in [0.15, 0.2) is 0 Å². The van der Waals surface area contributed by atoms with Crippen molar-refractivity contribution in [3.05, 3.63) is 42.1 Å². The Morgan fingerprint density at radius 2 is 2.29 bits per heavy atom. The fourth-order valence-corrected chi connectivity index (χ4v) is 1.59. The predicted molar refractivity (Wildman–Crippen MR) is 58.7 cm³/mol. The molecule has 2 aromatic heterocycles. The van der Waals surface area contributed by atoms with Gasteiger partial charge in [-0.2, -0.15) is 0 Å². The minimum Gasteiger partial charge on any atom is -0.290 e. The van der Waals surface area contributed by atoms with Crippen molar-refractivity contribution >= 4 is 15.9 Å². The summed E-state index contributed by atoms with van der Waals surface area (Å²) in [6.45, 7) is 2.04. The zero-order valence-corrected chi connectivity index (χ0v) is 9.40. The van der Waals surface area contributed by atoms with Gasteiger partial charge in [0.05, 0.1) is 5.69 Å². The molecule has 0 fully saturated rings. The molecule has 0 aromatic carbocycles. The maximum atomic E-state index is 4.30. The third-order valence-corrected chi connectivity index (χ3v) is 2.57. The molecule has 2 aromatic rings. The fourth-order valence-electron chi connectivity index (χ4n) is 1.30. The average molecular weight is 252 g/mol. The number of imidazole rings is 1. The highest BCUT2D eigenvalue weighted by Gasteiger charge is 2.02. The molecule has 72 valence electrons. The Morgan fingerprint density at radius 3 is 2.93 bits per heavy atom. The van der Waals surface area contributed by atoms with Crippen molar-refractivity contribution in [1.82, 2.24) is 14.5 Å². The molecule has 0 amide bonds. The van der Waals surface area contributed by atoms with Gasteiger partial charge in [0, 0.05) is 17.7 Å². The van der Waals surface area contributed by atoms with Crippen molar-refractivity contribution in [1.29, 1.82) is 0 Å². The van der Waals surface area contributed by atoms with E-state index in [-0.39, 0.29) is 0 Å². The lowest BCUT2D eigenvalue weighted by Gasteiger charge is -2.03.